The first-order valence-electron chi connectivity index (χ1n) is 6.31. The van der Waals surface area contributed by atoms with Crippen LogP contribution < -0.4 is 0 Å². The summed E-state index contributed by atoms with van der Waals surface area (Å²) >= 11 is 0. The molecule has 3 aromatic rings. The first-order valence-corrected chi connectivity index (χ1v) is 6.31. The van der Waals surface area contributed by atoms with Crippen molar-refractivity contribution in [2.75, 3.05) is 0 Å². The van der Waals surface area contributed by atoms with E-state index in [1.165, 1.54) is 30.3 Å². The summed E-state index contributed by atoms with van der Waals surface area (Å²) in [6.07, 6.45) is 0. The largest absolute Gasteiger partial charge is 0.391 e. The molecule has 5 heteroatoms. The average Bonchev–Trinajstić information content (AvgIpc) is 2.91. The molecule has 0 unspecified atom stereocenters. The van der Waals surface area contributed by atoms with Crippen molar-refractivity contribution >= 4 is 0 Å². The minimum atomic E-state index is -0.478. The zero-order chi connectivity index (χ0) is 14.8. The molecule has 106 valence electrons. The van der Waals surface area contributed by atoms with Gasteiger partial charge in [0, 0.05) is 5.56 Å². The van der Waals surface area contributed by atoms with Crippen LogP contribution in [-0.4, -0.2) is 10.3 Å². The molecule has 0 radical (unpaired) electrons. The van der Waals surface area contributed by atoms with Crippen LogP contribution in [0.3, 0.4) is 0 Å². The standard InChI is InChI=1S/C16H11F2NO2/c17-11-5-3-4-10(8-11)15-13(9-20)16(21-19-15)12-6-1-2-7-14(12)18/h1-8,20H,9H2. The third kappa shape index (κ3) is 2.43. The predicted octanol–water partition coefficient (Wildman–Crippen LogP) is 3.78. The Bertz CT molecular complexity index is 783. The van der Waals surface area contributed by atoms with E-state index < -0.39 is 11.6 Å². The van der Waals surface area contributed by atoms with E-state index in [0.29, 0.717) is 16.8 Å². The van der Waals surface area contributed by atoms with Crippen LogP contribution in [0.15, 0.2) is 53.1 Å². The van der Waals surface area contributed by atoms with E-state index in [0.717, 1.165) is 0 Å². The van der Waals surface area contributed by atoms with Crippen LogP contribution in [0, 0.1) is 11.6 Å². The third-order valence-electron chi connectivity index (χ3n) is 3.16. The molecule has 0 bridgehead atoms. The van der Waals surface area contributed by atoms with Crippen molar-refractivity contribution < 1.29 is 18.4 Å². The van der Waals surface area contributed by atoms with Crippen molar-refractivity contribution in [3.63, 3.8) is 0 Å². The maximum absolute atomic E-state index is 13.8. The van der Waals surface area contributed by atoms with Crippen molar-refractivity contribution in [1.29, 1.82) is 0 Å². The van der Waals surface area contributed by atoms with Crippen LogP contribution in [0.1, 0.15) is 5.56 Å². The minimum absolute atomic E-state index is 0.148. The number of benzene rings is 2. The number of hydrogen-bond acceptors (Lipinski definition) is 3. The monoisotopic (exact) mass is 287 g/mol. The van der Waals surface area contributed by atoms with Gasteiger partial charge in [-0.25, -0.2) is 8.78 Å². The van der Waals surface area contributed by atoms with Gasteiger partial charge in [0.1, 0.15) is 17.3 Å². The second kappa shape index (κ2) is 5.46. The van der Waals surface area contributed by atoms with Crippen LogP contribution in [0.5, 0.6) is 0 Å². The molecule has 1 N–H and O–H groups in total. The molecule has 0 saturated carbocycles. The Kier molecular flexibility index (Phi) is 3.50. The molecule has 0 aliphatic rings. The maximum atomic E-state index is 13.8. The van der Waals surface area contributed by atoms with Gasteiger partial charge in [0.25, 0.3) is 0 Å². The molecule has 0 atom stereocenters. The Morgan fingerprint density at radius 1 is 1.05 bits per heavy atom. The Morgan fingerprint density at radius 2 is 1.86 bits per heavy atom. The number of halogens is 2. The summed E-state index contributed by atoms with van der Waals surface area (Å²) in [5, 5.41) is 13.4. The molecule has 0 fully saturated rings. The Morgan fingerprint density at radius 3 is 2.57 bits per heavy atom. The maximum Gasteiger partial charge on any atom is 0.175 e. The molecular formula is C16H11F2NO2. The average molecular weight is 287 g/mol. The Hall–Kier alpha value is -2.53. The van der Waals surface area contributed by atoms with Gasteiger partial charge in [0.2, 0.25) is 0 Å². The normalized spacial score (nSPS) is 10.8. The quantitative estimate of drug-likeness (QED) is 0.797. The lowest BCUT2D eigenvalue weighted by Gasteiger charge is -2.02. The van der Waals surface area contributed by atoms with Gasteiger partial charge in [-0.15, -0.1) is 0 Å². The van der Waals surface area contributed by atoms with Crippen LogP contribution in [-0.2, 0) is 6.61 Å². The van der Waals surface area contributed by atoms with Crippen molar-refractivity contribution in [1.82, 2.24) is 5.16 Å². The van der Waals surface area contributed by atoms with Gasteiger partial charge < -0.3 is 9.63 Å². The zero-order valence-corrected chi connectivity index (χ0v) is 10.9. The number of aromatic nitrogens is 1. The van der Waals surface area contributed by atoms with Gasteiger partial charge >= 0.3 is 0 Å². The summed E-state index contributed by atoms with van der Waals surface area (Å²) in [7, 11) is 0. The van der Waals surface area contributed by atoms with Gasteiger partial charge in [-0.3, -0.25) is 0 Å². The summed E-state index contributed by atoms with van der Waals surface area (Å²) in [5.74, 6) is -0.754. The fourth-order valence-corrected chi connectivity index (χ4v) is 2.18. The number of rotatable bonds is 3. The van der Waals surface area contributed by atoms with E-state index in [-0.39, 0.29) is 17.9 Å². The van der Waals surface area contributed by atoms with E-state index in [9.17, 15) is 13.9 Å². The zero-order valence-electron chi connectivity index (χ0n) is 10.9. The molecule has 2 aromatic carbocycles. The number of nitrogens with zero attached hydrogens (tertiary/aromatic N) is 1. The Balaban J connectivity index is 2.16. The van der Waals surface area contributed by atoms with Gasteiger partial charge in [0.15, 0.2) is 5.76 Å². The minimum Gasteiger partial charge on any atom is -0.391 e. The number of hydrogen-bond donors (Lipinski definition) is 1. The molecule has 0 amide bonds. The number of aliphatic hydroxyl groups excluding tert-OH is 1. The molecule has 3 nitrogen and oxygen atoms in total. The van der Waals surface area contributed by atoms with Crippen LogP contribution in [0.2, 0.25) is 0 Å². The molecule has 1 aromatic heterocycles. The summed E-state index contributed by atoms with van der Waals surface area (Å²) < 4.78 is 32.3. The fourth-order valence-electron chi connectivity index (χ4n) is 2.18. The lowest BCUT2D eigenvalue weighted by atomic mass is 10.0. The van der Waals surface area contributed by atoms with Crippen molar-refractivity contribution in [2.24, 2.45) is 0 Å². The Labute approximate surface area is 119 Å². The first kappa shape index (κ1) is 13.5. The van der Waals surface area contributed by atoms with Crippen LogP contribution in [0.4, 0.5) is 8.78 Å². The highest BCUT2D eigenvalue weighted by Crippen LogP contribution is 2.33. The lowest BCUT2D eigenvalue weighted by Crippen LogP contribution is -1.91. The summed E-state index contributed by atoms with van der Waals surface area (Å²) in [6.45, 7) is -0.390. The van der Waals surface area contributed by atoms with E-state index in [4.69, 9.17) is 4.52 Å². The molecule has 0 spiro atoms. The van der Waals surface area contributed by atoms with Crippen molar-refractivity contribution in [3.05, 3.63) is 65.7 Å². The summed E-state index contributed by atoms with van der Waals surface area (Å²) in [4.78, 5) is 0. The van der Waals surface area contributed by atoms with E-state index in [1.54, 1.807) is 18.2 Å². The predicted molar refractivity (Wildman–Crippen MR) is 73.2 cm³/mol. The number of aliphatic hydroxyl groups is 1. The SMILES string of the molecule is OCc1c(-c2cccc(F)c2)noc1-c1ccccc1F. The lowest BCUT2D eigenvalue weighted by molar-refractivity contribution is 0.281. The third-order valence-corrected chi connectivity index (χ3v) is 3.16. The molecule has 0 saturated heterocycles. The molecule has 0 aliphatic heterocycles. The molecule has 0 aliphatic carbocycles. The molecule has 1 heterocycles. The van der Waals surface area contributed by atoms with E-state index in [1.807, 2.05) is 0 Å². The van der Waals surface area contributed by atoms with E-state index in [2.05, 4.69) is 5.16 Å². The first-order chi connectivity index (χ1) is 10.2. The van der Waals surface area contributed by atoms with Crippen molar-refractivity contribution in [2.45, 2.75) is 6.61 Å². The van der Waals surface area contributed by atoms with Gasteiger partial charge in [-0.2, -0.15) is 0 Å². The highest BCUT2D eigenvalue weighted by Gasteiger charge is 2.20. The smallest absolute Gasteiger partial charge is 0.175 e. The topological polar surface area (TPSA) is 46.3 Å². The van der Waals surface area contributed by atoms with Gasteiger partial charge in [-0.05, 0) is 24.3 Å². The van der Waals surface area contributed by atoms with Gasteiger partial charge in [-0.1, -0.05) is 29.4 Å². The molecular weight excluding hydrogens is 276 g/mol. The fraction of sp³-hybridized carbons (Fsp3) is 0.0625. The second-order valence-electron chi connectivity index (χ2n) is 4.49. The van der Waals surface area contributed by atoms with Gasteiger partial charge in [0.05, 0.1) is 17.7 Å². The summed E-state index contributed by atoms with van der Waals surface area (Å²) in [5.41, 5.74) is 1.29. The van der Waals surface area contributed by atoms with E-state index >= 15 is 0 Å². The molecule has 3 rings (SSSR count). The van der Waals surface area contributed by atoms with Crippen molar-refractivity contribution in [3.8, 4) is 22.6 Å². The van der Waals surface area contributed by atoms with Crippen LogP contribution >= 0.6 is 0 Å². The second-order valence-corrected chi connectivity index (χ2v) is 4.49. The highest BCUT2D eigenvalue weighted by molar-refractivity contribution is 5.72. The highest BCUT2D eigenvalue weighted by atomic mass is 19.1. The van der Waals surface area contributed by atoms with Crippen LogP contribution in [0.25, 0.3) is 22.6 Å². The summed E-state index contributed by atoms with van der Waals surface area (Å²) in [6, 6.07) is 11.8. The molecule has 21 heavy (non-hydrogen) atoms.